The van der Waals surface area contributed by atoms with Crippen molar-refractivity contribution in [2.75, 3.05) is 0 Å². The van der Waals surface area contributed by atoms with E-state index in [9.17, 15) is 27.6 Å². The zero-order chi connectivity index (χ0) is 25.0. The summed E-state index contributed by atoms with van der Waals surface area (Å²) in [5.41, 5.74) is 0.829. The largest absolute Gasteiger partial charge is 0.416 e. The van der Waals surface area contributed by atoms with Gasteiger partial charge in [-0.25, -0.2) is 10.3 Å². The molecule has 35 heavy (non-hydrogen) atoms. The highest BCUT2D eigenvalue weighted by Crippen LogP contribution is 2.58. The number of urea groups is 1. The van der Waals surface area contributed by atoms with Crippen LogP contribution in [-0.4, -0.2) is 44.4 Å². The van der Waals surface area contributed by atoms with Gasteiger partial charge in [0.1, 0.15) is 6.04 Å². The number of imide groups is 1. The molecule has 1 unspecified atom stereocenters. The lowest BCUT2D eigenvalue weighted by atomic mass is 9.52. The van der Waals surface area contributed by atoms with E-state index in [-0.39, 0.29) is 37.7 Å². The van der Waals surface area contributed by atoms with Crippen molar-refractivity contribution < 1.29 is 32.8 Å². The van der Waals surface area contributed by atoms with Gasteiger partial charge in [-0.05, 0) is 86.8 Å². The van der Waals surface area contributed by atoms with Crippen LogP contribution in [0.3, 0.4) is 0 Å². The van der Waals surface area contributed by atoms with Gasteiger partial charge in [0.15, 0.2) is 0 Å². The third kappa shape index (κ3) is 4.41. The average molecular weight is 494 g/mol. The number of alkyl halides is 3. The van der Waals surface area contributed by atoms with Crippen LogP contribution in [0.25, 0.3) is 0 Å². The van der Waals surface area contributed by atoms with Crippen molar-refractivity contribution in [3.05, 3.63) is 35.4 Å². The van der Waals surface area contributed by atoms with Gasteiger partial charge >= 0.3 is 12.2 Å². The van der Waals surface area contributed by atoms with Crippen molar-refractivity contribution in [1.29, 1.82) is 0 Å². The molecular formula is C25H30F3N3O4. The maximum atomic E-state index is 13.8. The first kappa shape index (κ1) is 24.1. The van der Waals surface area contributed by atoms with E-state index >= 15 is 0 Å². The van der Waals surface area contributed by atoms with Gasteiger partial charge < -0.3 is 4.90 Å². The van der Waals surface area contributed by atoms with E-state index in [0.29, 0.717) is 23.3 Å². The fourth-order valence-corrected chi connectivity index (χ4v) is 7.38. The highest BCUT2D eigenvalue weighted by atomic mass is 19.4. The van der Waals surface area contributed by atoms with Crippen LogP contribution in [0.4, 0.5) is 18.0 Å². The first-order chi connectivity index (χ1) is 16.6. The Balaban J connectivity index is 1.40. The Hall–Kier alpha value is -2.62. The van der Waals surface area contributed by atoms with E-state index in [2.05, 4.69) is 0 Å². The Morgan fingerprint density at radius 1 is 1.03 bits per heavy atom. The highest BCUT2D eigenvalue weighted by Gasteiger charge is 2.60. The van der Waals surface area contributed by atoms with Crippen molar-refractivity contribution in [3.8, 4) is 0 Å². The summed E-state index contributed by atoms with van der Waals surface area (Å²) in [7, 11) is 0. The molecule has 4 saturated carbocycles. The topological polar surface area (TPSA) is 90.0 Å². The molecule has 6 rings (SSSR count). The molecule has 1 saturated heterocycles. The third-order valence-electron chi connectivity index (χ3n) is 8.44. The molecule has 1 aliphatic heterocycles. The summed E-state index contributed by atoms with van der Waals surface area (Å²) in [5, 5.41) is 8.77. The Bertz CT molecular complexity index is 975. The van der Waals surface area contributed by atoms with Gasteiger partial charge in [-0.2, -0.15) is 13.2 Å². The van der Waals surface area contributed by atoms with Crippen molar-refractivity contribution in [2.45, 2.75) is 82.1 Å². The molecule has 1 heterocycles. The normalized spacial score (nSPS) is 32.0. The molecule has 2 N–H and O–H groups in total. The zero-order valence-corrected chi connectivity index (χ0v) is 19.4. The van der Waals surface area contributed by atoms with Gasteiger partial charge in [-0.1, -0.05) is 12.1 Å². The lowest BCUT2D eigenvalue weighted by molar-refractivity contribution is -0.141. The van der Waals surface area contributed by atoms with Crippen LogP contribution < -0.4 is 5.48 Å². The third-order valence-corrected chi connectivity index (χ3v) is 8.44. The van der Waals surface area contributed by atoms with Crippen molar-refractivity contribution in [1.82, 2.24) is 15.3 Å². The summed E-state index contributed by atoms with van der Waals surface area (Å²) in [6.07, 6.45) is 2.01. The van der Waals surface area contributed by atoms with Crippen LogP contribution >= 0.6 is 0 Å². The number of hydrogen-bond acceptors (Lipinski definition) is 4. The van der Waals surface area contributed by atoms with Gasteiger partial charge in [0.05, 0.1) is 11.1 Å². The molecule has 0 spiro atoms. The average Bonchev–Trinajstić information content (AvgIpc) is 3.02. The van der Waals surface area contributed by atoms with Crippen LogP contribution in [-0.2, 0) is 22.3 Å². The van der Waals surface area contributed by atoms with Crippen molar-refractivity contribution >= 4 is 17.8 Å². The molecule has 190 valence electrons. The van der Waals surface area contributed by atoms with E-state index in [4.69, 9.17) is 5.21 Å². The molecule has 1 atom stereocenters. The van der Waals surface area contributed by atoms with Gasteiger partial charge in [-0.15, -0.1) is 0 Å². The van der Waals surface area contributed by atoms with Crippen molar-refractivity contribution in [2.24, 2.45) is 17.8 Å². The summed E-state index contributed by atoms with van der Waals surface area (Å²) in [6.45, 7) is 0.0163. The number of carbonyl (C=O) groups excluding carboxylic acids is 3. The minimum atomic E-state index is -4.46. The monoisotopic (exact) mass is 493 g/mol. The highest BCUT2D eigenvalue weighted by molar-refractivity contribution is 6.05. The maximum Gasteiger partial charge on any atom is 0.416 e. The fourth-order valence-electron chi connectivity index (χ4n) is 7.38. The number of amides is 4. The molecule has 1 aromatic carbocycles. The number of benzene rings is 1. The summed E-state index contributed by atoms with van der Waals surface area (Å²) in [6, 6.07) is 3.47. The summed E-state index contributed by atoms with van der Waals surface area (Å²) in [4.78, 5) is 41.9. The standard InChI is InChI=1S/C25H30F3N3O4/c26-25(27,28)19-6-4-15(5-7-19)14-30-20(2-1-3-21(32)29-35)22(33)31(23(30)34)24-11-16-8-17(12-24)10-18(9-16)13-24/h4-7,16-18,20,35H,1-3,8-14H2,(H,29,32). The number of hydrogen-bond donors (Lipinski definition) is 2. The molecule has 0 radical (unpaired) electrons. The molecular weight excluding hydrogens is 463 g/mol. The molecule has 0 aromatic heterocycles. The lowest BCUT2D eigenvalue weighted by Crippen LogP contribution is -2.62. The van der Waals surface area contributed by atoms with Gasteiger partial charge in [0, 0.05) is 13.0 Å². The van der Waals surface area contributed by atoms with Crippen LogP contribution in [0.15, 0.2) is 24.3 Å². The lowest BCUT2D eigenvalue weighted by Gasteiger charge is -2.58. The minimum absolute atomic E-state index is 0.0000445. The van der Waals surface area contributed by atoms with Crippen LogP contribution in [0.1, 0.15) is 68.9 Å². The van der Waals surface area contributed by atoms with Crippen LogP contribution in [0, 0.1) is 17.8 Å². The molecule has 5 fully saturated rings. The van der Waals surface area contributed by atoms with E-state index in [1.807, 2.05) is 0 Å². The second-order valence-corrected chi connectivity index (χ2v) is 10.9. The minimum Gasteiger partial charge on any atom is -0.308 e. The molecule has 1 aromatic rings. The number of nitrogens with zero attached hydrogens (tertiary/aromatic N) is 2. The molecule has 10 heteroatoms. The number of carbonyl (C=O) groups is 3. The summed E-state index contributed by atoms with van der Waals surface area (Å²) in [5.74, 6) is 0.731. The summed E-state index contributed by atoms with van der Waals surface area (Å²) >= 11 is 0. The van der Waals surface area contributed by atoms with E-state index in [1.54, 1.807) is 5.48 Å². The molecule has 5 aliphatic rings. The molecule has 7 nitrogen and oxygen atoms in total. The van der Waals surface area contributed by atoms with Crippen LogP contribution in [0.5, 0.6) is 0 Å². The number of halogens is 3. The van der Waals surface area contributed by atoms with Crippen LogP contribution in [0.2, 0.25) is 0 Å². The first-order valence-corrected chi connectivity index (χ1v) is 12.3. The number of hydroxylamine groups is 1. The Morgan fingerprint density at radius 3 is 2.11 bits per heavy atom. The smallest absolute Gasteiger partial charge is 0.308 e. The Morgan fingerprint density at radius 2 is 1.60 bits per heavy atom. The van der Waals surface area contributed by atoms with Gasteiger partial charge in [-0.3, -0.25) is 19.7 Å². The maximum absolute atomic E-state index is 13.8. The Kier molecular flexibility index (Phi) is 6.05. The summed E-state index contributed by atoms with van der Waals surface area (Å²) < 4.78 is 38.9. The van der Waals surface area contributed by atoms with E-state index in [1.165, 1.54) is 21.9 Å². The first-order valence-electron chi connectivity index (χ1n) is 12.3. The second-order valence-electron chi connectivity index (χ2n) is 10.9. The van der Waals surface area contributed by atoms with Crippen molar-refractivity contribution in [3.63, 3.8) is 0 Å². The van der Waals surface area contributed by atoms with E-state index in [0.717, 1.165) is 50.7 Å². The number of nitrogens with one attached hydrogen (secondary N) is 1. The zero-order valence-electron chi connectivity index (χ0n) is 19.4. The molecule has 4 amide bonds. The second kappa shape index (κ2) is 8.80. The SMILES string of the molecule is O=C(CCCC1C(=O)N(C23CC4CC(CC(C4)C2)C3)C(=O)N1Cc1ccc(C(F)(F)F)cc1)NO. The Labute approximate surface area is 201 Å². The fraction of sp³-hybridized carbons (Fsp3) is 0.640. The molecule has 4 bridgehead atoms. The predicted molar refractivity (Wildman–Crippen MR) is 118 cm³/mol. The van der Waals surface area contributed by atoms with E-state index < -0.39 is 29.2 Å². The van der Waals surface area contributed by atoms with Gasteiger partial charge in [0.25, 0.3) is 5.91 Å². The predicted octanol–water partition coefficient (Wildman–Crippen LogP) is 4.48. The number of rotatable bonds is 7. The quantitative estimate of drug-likeness (QED) is 0.333. The molecule has 4 aliphatic carbocycles. The van der Waals surface area contributed by atoms with Gasteiger partial charge in [0.2, 0.25) is 5.91 Å².